The van der Waals surface area contributed by atoms with E-state index in [1.807, 2.05) is 12.1 Å². The maximum absolute atomic E-state index is 13.3. The Morgan fingerprint density at radius 3 is 2.65 bits per heavy atom. The molecule has 3 rings (SSSR count). The van der Waals surface area contributed by atoms with E-state index >= 15 is 0 Å². The van der Waals surface area contributed by atoms with Crippen LogP contribution in [0.2, 0.25) is 0 Å². The molecule has 122 valence electrons. The summed E-state index contributed by atoms with van der Waals surface area (Å²) in [7, 11) is -2.12. The third-order valence-corrected chi connectivity index (χ3v) is 6.11. The van der Waals surface area contributed by atoms with Crippen LogP contribution in [0.1, 0.15) is 23.7 Å². The predicted octanol–water partition coefficient (Wildman–Crippen LogP) is 3.42. The molecule has 0 aliphatic carbocycles. The molecule has 0 spiro atoms. The number of hydrogen-bond donors (Lipinski definition) is 0. The van der Waals surface area contributed by atoms with E-state index in [9.17, 15) is 12.8 Å². The minimum absolute atomic E-state index is 0.119. The lowest BCUT2D eigenvalue weighted by Crippen LogP contribution is -2.37. The Morgan fingerprint density at radius 1 is 1.22 bits per heavy atom. The average molecular weight is 335 g/mol. The first-order valence-corrected chi connectivity index (χ1v) is 8.80. The molecule has 1 heterocycles. The summed E-state index contributed by atoms with van der Waals surface area (Å²) in [6.07, 6.45) is 0.458. The molecule has 0 saturated carbocycles. The van der Waals surface area contributed by atoms with Crippen molar-refractivity contribution in [3.05, 3.63) is 59.4 Å². The molecule has 1 aliphatic rings. The summed E-state index contributed by atoms with van der Waals surface area (Å²) in [4.78, 5) is 0.129. The Morgan fingerprint density at radius 2 is 1.96 bits per heavy atom. The van der Waals surface area contributed by atoms with Crippen LogP contribution < -0.4 is 4.31 Å². The summed E-state index contributed by atoms with van der Waals surface area (Å²) in [5.41, 5.74) is 1.87. The standard InChI is InChI=1S/C17H18FNO3S/c1-12-11-13(18)7-8-17(12)23(20,21)19-10-9-16(22-2)14-5-3-4-6-15(14)19/h3-8,11,16H,9-10H2,1-2H3. The first-order chi connectivity index (χ1) is 10.9. The van der Waals surface area contributed by atoms with Gasteiger partial charge in [0.2, 0.25) is 0 Å². The number of benzene rings is 2. The molecule has 0 aromatic heterocycles. The molecule has 0 N–H and O–H groups in total. The number of ether oxygens (including phenoxy) is 1. The highest BCUT2D eigenvalue weighted by Crippen LogP contribution is 2.38. The van der Waals surface area contributed by atoms with Crippen LogP contribution in [0.15, 0.2) is 47.4 Å². The van der Waals surface area contributed by atoms with Crippen molar-refractivity contribution in [2.75, 3.05) is 18.0 Å². The number of halogens is 1. The molecule has 23 heavy (non-hydrogen) atoms. The SMILES string of the molecule is COC1CCN(S(=O)(=O)c2ccc(F)cc2C)c2ccccc21. The Bertz CT molecular complexity index is 835. The number of nitrogens with zero attached hydrogens (tertiary/aromatic N) is 1. The Kier molecular flexibility index (Phi) is 4.12. The topological polar surface area (TPSA) is 46.6 Å². The lowest BCUT2D eigenvalue weighted by Gasteiger charge is -2.34. The Hall–Kier alpha value is -1.92. The monoisotopic (exact) mass is 335 g/mol. The molecule has 0 bridgehead atoms. The number of para-hydroxylation sites is 1. The molecule has 1 unspecified atom stereocenters. The van der Waals surface area contributed by atoms with Crippen LogP contribution in [0, 0.1) is 12.7 Å². The zero-order valence-electron chi connectivity index (χ0n) is 13.0. The van der Waals surface area contributed by atoms with Crippen molar-refractivity contribution >= 4 is 15.7 Å². The second kappa shape index (κ2) is 5.94. The van der Waals surface area contributed by atoms with Gasteiger partial charge >= 0.3 is 0 Å². The molecule has 6 heteroatoms. The van der Waals surface area contributed by atoms with E-state index in [1.165, 1.54) is 22.5 Å². The predicted molar refractivity (Wildman–Crippen MR) is 86.5 cm³/mol. The van der Waals surface area contributed by atoms with Gasteiger partial charge in [-0.2, -0.15) is 0 Å². The molecular weight excluding hydrogens is 317 g/mol. The van der Waals surface area contributed by atoms with Gasteiger partial charge in [0.1, 0.15) is 5.82 Å². The van der Waals surface area contributed by atoms with E-state index in [0.717, 1.165) is 5.56 Å². The van der Waals surface area contributed by atoms with Gasteiger partial charge in [0.15, 0.2) is 0 Å². The highest BCUT2D eigenvalue weighted by molar-refractivity contribution is 7.92. The Balaban J connectivity index is 2.11. The van der Waals surface area contributed by atoms with Gasteiger partial charge in [-0.1, -0.05) is 18.2 Å². The smallest absolute Gasteiger partial charge is 0.264 e. The van der Waals surface area contributed by atoms with E-state index in [1.54, 1.807) is 26.2 Å². The normalized spacial score (nSPS) is 17.9. The second-order valence-electron chi connectivity index (χ2n) is 5.56. The van der Waals surface area contributed by atoms with Gasteiger partial charge < -0.3 is 4.74 Å². The second-order valence-corrected chi connectivity index (χ2v) is 7.39. The number of sulfonamides is 1. The van der Waals surface area contributed by atoms with Gasteiger partial charge in [-0.3, -0.25) is 4.31 Å². The summed E-state index contributed by atoms with van der Waals surface area (Å²) in [5, 5.41) is 0. The van der Waals surface area contributed by atoms with Crippen molar-refractivity contribution in [1.29, 1.82) is 0 Å². The summed E-state index contributed by atoms with van der Waals surface area (Å²) in [5.74, 6) is -0.444. The quantitative estimate of drug-likeness (QED) is 0.863. The van der Waals surface area contributed by atoms with Gasteiger partial charge in [0, 0.05) is 19.2 Å². The van der Waals surface area contributed by atoms with Crippen molar-refractivity contribution in [3.63, 3.8) is 0 Å². The number of anilines is 1. The fraction of sp³-hybridized carbons (Fsp3) is 0.294. The van der Waals surface area contributed by atoms with E-state index in [-0.39, 0.29) is 11.0 Å². The average Bonchev–Trinajstić information content (AvgIpc) is 2.53. The van der Waals surface area contributed by atoms with Crippen molar-refractivity contribution in [2.24, 2.45) is 0 Å². The van der Waals surface area contributed by atoms with Crippen LogP contribution in [0.3, 0.4) is 0 Å². The maximum atomic E-state index is 13.3. The number of fused-ring (bicyclic) bond motifs is 1. The van der Waals surface area contributed by atoms with E-state index in [4.69, 9.17) is 4.74 Å². The van der Waals surface area contributed by atoms with Crippen LogP contribution >= 0.6 is 0 Å². The molecule has 2 aromatic rings. The number of methoxy groups -OCH3 is 1. The molecule has 4 nitrogen and oxygen atoms in total. The van der Waals surface area contributed by atoms with Crippen LogP contribution in [0.4, 0.5) is 10.1 Å². The fourth-order valence-corrected chi connectivity index (χ4v) is 4.73. The summed E-state index contributed by atoms with van der Waals surface area (Å²) in [6.45, 7) is 1.93. The summed E-state index contributed by atoms with van der Waals surface area (Å²) in [6, 6.07) is 11.1. The van der Waals surface area contributed by atoms with Crippen molar-refractivity contribution in [1.82, 2.24) is 0 Å². The largest absolute Gasteiger partial charge is 0.377 e. The van der Waals surface area contributed by atoms with Crippen LogP contribution in [0.25, 0.3) is 0 Å². The minimum Gasteiger partial charge on any atom is -0.377 e. The van der Waals surface area contributed by atoms with E-state index < -0.39 is 15.8 Å². The maximum Gasteiger partial charge on any atom is 0.264 e. The minimum atomic E-state index is -3.74. The van der Waals surface area contributed by atoms with E-state index in [0.29, 0.717) is 24.2 Å². The van der Waals surface area contributed by atoms with Crippen LogP contribution in [0.5, 0.6) is 0 Å². The first-order valence-electron chi connectivity index (χ1n) is 7.36. The first kappa shape index (κ1) is 16.0. The third-order valence-electron chi connectivity index (χ3n) is 4.14. The lowest BCUT2D eigenvalue weighted by atomic mass is 10.0. The highest BCUT2D eigenvalue weighted by Gasteiger charge is 2.33. The van der Waals surface area contributed by atoms with Crippen molar-refractivity contribution < 1.29 is 17.5 Å². The molecule has 1 atom stereocenters. The van der Waals surface area contributed by atoms with Gasteiger partial charge in [-0.05, 0) is 43.2 Å². The Labute approximate surface area is 135 Å². The van der Waals surface area contributed by atoms with Crippen molar-refractivity contribution in [2.45, 2.75) is 24.3 Å². The zero-order valence-corrected chi connectivity index (χ0v) is 13.8. The molecule has 0 saturated heterocycles. The fourth-order valence-electron chi connectivity index (χ4n) is 3.01. The van der Waals surface area contributed by atoms with Gasteiger partial charge in [-0.25, -0.2) is 12.8 Å². The molecule has 1 aliphatic heterocycles. The number of hydrogen-bond acceptors (Lipinski definition) is 3. The molecular formula is C17H18FNO3S. The van der Waals surface area contributed by atoms with Crippen LogP contribution in [-0.2, 0) is 14.8 Å². The van der Waals surface area contributed by atoms with Crippen molar-refractivity contribution in [3.8, 4) is 0 Å². The highest BCUT2D eigenvalue weighted by atomic mass is 32.2. The summed E-state index contributed by atoms with van der Waals surface area (Å²) >= 11 is 0. The third kappa shape index (κ3) is 2.72. The van der Waals surface area contributed by atoms with Crippen LogP contribution in [-0.4, -0.2) is 22.1 Å². The number of aryl methyl sites for hydroxylation is 1. The number of rotatable bonds is 3. The molecule has 0 radical (unpaired) electrons. The molecule has 2 aromatic carbocycles. The van der Waals surface area contributed by atoms with Gasteiger partial charge in [0.25, 0.3) is 10.0 Å². The molecule has 0 amide bonds. The van der Waals surface area contributed by atoms with E-state index in [2.05, 4.69) is 0 Å². The lowest BCUT2D eigenvalue weighted by molar-refractivity contribution is 0.0951. The summed E-state index contributed by atoms with van der Waals surface area (Å²) < 4.78 is 46.2. The molecule has 0 fully saturated rings. The van der Waals surface area contributed by atoms with Gasteiger partial charge in [-0.15, -0.1) is 0 Å². The van der Waals surface area contributed by atoms with Gasteiger partial charge in [0.05, 0.1) is 16.7 Å². The zero-order chi connectivity index (χ0) is 16.6.